The van der Waals surface area contributed by atoms with Gasteiger partial charge in [-0.1, -0.05) is 17.6 Å². The number of carbonyl (C=O) groups excluding carboxylic acids is 2. The van der Waals surface area contributed by atoms with E-state index in [2.05, 4.69) is 0 Å². The lowest BCUT2D eigenvalue weighted by Crippen LogP contribution is -2.48. The Kier molecular flexibility index (Phi) is 3.27. The van der Waals surface area contributed by atoms with Gasteiger partial charge in [0.15, 0.2) is 0 Å². The topological polar surface area (TPSA) is 46.6 Å². The third-order valence-electron chi connectivity index (χ3n) is 4.26. The molecule has 2 radical (unpaired) electrons. The lowest BCUT2D eigenvalue weighted by Gasteiger charge is -2.34. The Bertz CT molecular complexity index is 664. The van der Waals surface area contributed by atoms with Crippen LogP contribution in [0.4, 0.5) is 8.78 Å². The van der Waals surface area contributed by atoms with Crippen molar-refractivity contribution in [2.45, 2.75) is 24.7 Å². The number of fused-ring (bicyclic) bond motifs is 2. The molecule has 1 aromatic carbocycles. The molecule has 0 bridgehead atoms. The summed E-state index contributed by atoms with van der Waals surface area (Å²) in [6.07, 6.45) is -0.344. The normalized spacial score (nSPS) is 25.0. The van der Waals surface area contributed by atoms with Gasteiger partial charge < -0.3 is 9.64 Å². The van der Waals surface area contributed by atoms with Crippen molar-refractivity contribution < 1.29 is 23.1 Å². The SMILES string of the molecule is [B]c1ccc2c(c1)C1(CN(CC(=O)OCC)C2=O)CC1(F)F. The smallest absolute Gasteiger partial charge is 0.325 e. The van der Waals surface area contributed by atoms with Crippen molar-refractivity contribution in [2.75, 3.05) is 19.7 Å². The van der Waals surface area contributed by atoms with E-state index in [4.69, 9.17) is 12.6 Å². The maximum atomic E-state index is 14.0. The molecule has 1 heterocycles. The van der Waals surface area contributed by atoms with E-state index in [1.54, 1.807) is 6.92 Å². The molecule has 2 aliphatic rings. The number of hydrogen-bond donors (Lipinski definition) is 0. The maximum absolute atomic E-state index is 14.0. The maximum Gasteiger partial charge on any atom is 0.325 e. The van der Waals surface area contributed by atoms with Crippen LogP contribution in [0.25, 0.3) is 0 Å². The summed E-state index contributed by atoms with van der Waals surface area (Å²) in [6.45, 7) is 1.29. The molecule has 3 rings (SSSR count). The summed E-state index contributed by atoms with van der Waals surface area (Å²) in [5, 5.41) is 0. The lowest BCUT2D eigenvalue weighted by atomic mass is 9.81. The molecule has 1 aliphatic heterocycles. The molecule has 22 heavy (non-hydrogen) atoms. The second-order valence-electron chi connectivity index (χ2n) is 5.73. The first-order chi connectivity index (χ1) is 10.3. The first kappa shape index (κ1) is 15.0. The molecule has 1 unspecified atom stereocenters. The van der Waals surface area contributed by atoms with Crippen molar-refractivity contribution in [2.24, 2.45) is 0 Å². The summed E-state index contributed by atoms with van der Waals surface area (Å²) in [7, 11) is 5.68. The van der Waals surface area contributed by atoms with Gasteiger partial charge in [0.25, 0.3) is 11.8 Å². The molecular weight excluding hydrogens is 291 g/mol. The van der Waals surface area contributed by atoms with E-state index < -0.39 is 23.2 Å². The summed E-state index contributed by atoms with van der Waals surface area (Å²) in [5.74, 6) is -3.95. The Balaban J connectivity index is 1.98. The van der Waals surface area contributed by atoms with Gasteiger partial charge in [-0.05, 0) is 18.6 Å². The Morgan fingerprint density at radius 3 is 2.73 bits per heavy atom. The van der Waals surface area contributed by atoms with E-state index in [-0.39, 0.29) is 37.2 Å². The van der Waals surface area contributed by atoms with E-state index in [0.29, 0.717) is 5.46 Å². The van der Waals surface area contributed by atoms with E-state index in [9.17, 15) is 18.4 Å². The molecule has 1 aliphatic carbocycles. The number of halogens is 2. The molecule has 114 valence electrons. The minimum Gasteiger partial charge on any atom is -0.465 e. The van der Waals surface area contributed by atoms with E-state index >= 15 is 0 Å². The zero-order valence-electron chi connectivity index (χ0n) is 12.1. The molecule has 1 aromatic rings. The van der Waals surface area contributed by atoms with Crippen LogP contribution in [-0.2, 0) is 14.9 Å². The Hall–Kier alpha value is -1.92. The zero-order chi connectivity index (χ0) is 16.1. The summed E-state index contributed by atoms with van der Waals surface area (Å²) in [5.41, 5.74) is -0.630. The van der Waals surface area contributed by atoms with Gasteiger partial charge in [0.05, 0.1) is 12.0 Å². The standard InChI is InChI=1S/C15H14BF2NO3/c1-2-22-12(20)6-19-8-14(7-15(14,17)18)11-5-9(16)3-4-10(11)13(19)21/h3-5H,2,6-8H2,1H3. The van der Waals surface area contributed by atoms with Crippen LogP contribution in [0, 0.1) is 0 Å². The van der Waals surface area contributed by atoms with E-state index in [0.717, 1.165) is 4.90 Å². The molecule has 1 fully saturated rings. The fourth-order valence-corrected chi connectivity index (χ4v) is 3.09. The van der Waals surface area contributed by atoms with Crippen molar-refractivity contribution in [1.82, 2.24) is 4.90 Å². The number of rotatable bonds is 3. The summed E-state index contributed by atoms with van der Waals surface area (Å²) in [4.78, 5) is 25.2. The van der Waals surface area contributed by atoms with Crippen LogP contribution in [0.1, 0.15) is 29.3 Å². The van der Waals surface area contributed by atoms with Crippen molar-refractivity contribution in [3.05, 3.63) is 29.3 Å². The first-order valence-corrected chi connectivity index (χ1v) is 7.03. The van der Waals surface area contributed by atoms with Crippen molar-refractivity contribution in [3.63, 3.8) is 0 Å². The third kappa shape index (κ3) is 2.10. The van der Waals surface area contributed by atoms with E-state index in [1.807, 2.05) is 0 Å². The van der Waals surface area contributed by atoms with Gasteiger partial charge in [0, 0.05) is 18.5 Å². The van der Waals surface area contributed by atoms with Gasteiger partial charge in [-0.2, -0.15) is 0 Å². The average molecular weight is 305 g/mol. The summed E-state index contributed by atoms with van der Waals surface area (Å²) >= 11 is 0. The van der Waals surface area contributed by atoms with Gasteiger partial charge in [-0.3, -0.25) is 9.59 Å². The van der Waals surface area contributed by atoms with Crippen LogP contribution in [0.3, 0.4) is 0 Å². The fraction of sp³-hybridized carbons (Fsp3) is 0.467. The van der Waals surface area contributed by atoms with Gasteiger partial charge in [-0.15, -0.1) is 0 Å². The molecule has 7 heteroatoms. The molecule has 1 spiro atoms. The van der Waals surface area contributed by atoms with Crippen LogP contribution in [0.15, 0.2) is 18.2 Å². The van der Waals surface area contributed by atoms with Crippen LogP contribution in [-0.4, -0.2) is 50.2 Å². The summed E-state index contributed by atoms with van der Waals surface area (Å²) < 4.78 is 32.7. The number of carbonyl (C=O) groups is 2. The van der Waals surface area contributed by atoms with Crippen LogP contribution < -0.4 is 5.46 Å². The zero-order valence-corrected chi connectivity index (χ0v) is 12.1. The Morgan fingerprint density at radius 1 is 1.45 bits per heavy atom. The second-order valence-corrected chi connectivity index (χ2v) is 5.73. The molecule has 0 N–H and O–H groups in total. The predicted molar refractivity (Wildman–Crippen MR) is 75.6 cm³/mol. The third-order valence-corrected chi connectivity index (χ3v) is 4.26. The molecule has 0 saturated heterocycles. The monoisotopic (exact) mass is 305 g/mol. The van der Waals surface area contributed by atoms with Crippen molar-refractivity contribution in [3.8, 4) is 0 Å². The number of benzene rings is 1. The number of nitrogens with zero attached hydrogens (tertiary/aromatic N) is 1. The minimum atomic E-state index is -2.90. The number of alkyl halides is 2. The van der Waals surface area contributed by atoms with Gasteiger partial charge >= 0.3 is 5.97 Å². The Labute approximate surface area is 127 Å². The van der Waals surface area contributed by atoms with Gasteiger partial charge in [0.2, 0.25) is 0 Å². The molecule has 0 aromatic heterocycles. The highest BCUT2D eigenvalue weighted by atomic mass is 19.3. The highest BCUT2D eigenvalue weighted by molar-refractivity contribution is 6.32. The summed E-state index contributed by atoms with van der Waals surface area (Å²) in [6, 6.07) is 4.38. The Morgan fingerprint density at radius 2 is 2.14 bits per heavy atom. The average Bonchev–Trinajstić information content (AvgIpc) is 2.98. The fourth-order valence-electron chi connectivity index (χ4n) is 3.09. The molecule has 1 amide bonds. The highest BCUT2D eigenvalue weighted by Crippen LogP contribution is 2.63. The van der Waals surface area contributed by atoms with Crippen molar-refractivity contribution >= 4 is 25.2 Å². The highest BCUT2D eigenvalue weighted by Gasteiger charge is 2.74. The second kappa shape index (κ2) is 4.79. The molecule has 1 atom stereocenters. The van der Waals surface area contributed by atoms with Crippen molar-refractivity contribution in [1.29, 1.82) is 0 Å². The largest absolute Gasteiger partial charge is 0.465 e. The first-order valence-electron chi connectivity index (χ1n) is 7.03. The molecular formula is C15H14BF2NO3. The minimum absolute atomic E-state index is 0.176. The molecule has 4 nitrogen and oxygen atoms in total. The number of amides is 1. The van der Waals surface area contributed by atoms with Gasteiger partial charge in [0.1, 0.15) is 14.4 Å². The van der Waals surface area contributed by atoms with Crippen LogP contribution in [0.5, 0.6) is 0 Å². The lowest BCUT2D eigenvalue weighted by molar-refractivity contribution is -0.144. The molecule has 1 saturated carbocycles. The van der Waals surface area contributed by atoms with Crippen LogP contribution >= 0.6 is 0 Å². The van der Waals surface area contributed by atoms with Gasteiger partial charge in [-0.25, -0.2) is 8.78 Å². The van der Waals surface area contributed by atoms with E-state index in [1.165, 1.54) is 18.2 Å². The number of ether oxygens (including phenoxy) is 1. The number of esters is 1. The van der Waals surface area contributed by atoms with Crippen LogP contribution in [0.2, 0.25) is 0 Å². The number of hydrogen-bond acceptors (Lipinski definition) is 3. The predicted octanol–water partition coefficient (Wildman–Crippen LogP) is 0.776. The quantitative estimate of drug-likeness (QED) is 0.612.